The molecule has 0 spiro atoms. The maximum atomic E-state index is 13.3. The van der Waals surface area contributed by atoms with E-state index in [0.717, 1.165) is 29.3 Å². The molecule has 1 atom stereocenters. The fourth-order valence-corrected chi connectivity index (χ4v) is 3.60. The molecule has 1 unspecified atom stereocenters. The second-order valence-corrected chi connectivity index (χ2v) is 6.65. The van der Waals surface area contributed by atoms with E-state index in [1.165, 1.54) is 17.8 Å². The summed E-state index contributed by atoms with van der Waals surface area (Å²) >= 11 is 6.11. The number of halogens is 2. The van der Waals surface area contributed by atoms with Crippen molar-refractivity contribution in [3.8, 4) is 0 Å². The number of rotatable bonds is 2. The molecule has 2 aromatic carbocycles. The van der Waals surface area contributed by atoms with Crippen LogP contribution in [0.2, 0.25) is 5.02 Å². The number of amides is 1. The predicted octanol–water partition coefficient (Wildman–Crippen LogP) is 4.70. The van der Waals surface area contributed by atoms with Gasteiger partial charge in [-0.3, -0.25) is 4.79 Å². The molecule has 24 heavy (non-hydrogen) atoms. The van der Waals surface area contributed by atoms with Gasteiger partial charge in [0.25, 0.3) is 0 Å². The van der Waals surface area contributed by atoms with Crippen LogP contribution in [0, 0.1) is 11.7 Å². The Bertz CT molecular complexity index is 934. The maximum absolute atomic E-state index is 13.3. The van der Waals surface area contributed by atoms with Gasteiger partial charge in [-0.2, -0.15) is 0 Å². The summed E-state index contributed by atoms with van der Waals surface area (Å²) < 4.78 is 13.3. The van der Waals surface area contributed by atoms with E-state index in [9.17, 15) is 9.18 Å². The van der Waals surface area contributed by atoms with Crippen LogP contribution in [0.4, 0.5) is 10.1 Å². The molecule has 2 N–H and O–H groups in total. The molecule has 3 aromatic rings. The summed E-state index contributed by atoms with van der Waals surface area (Å²) in [4.78, 5) is 16.0. The third kappa shape index (κ3) is 2.78. The van der Waals surface area contributed by atoms with Crippen LogP contribution in [-0.4, -0.2) is 10.9 Å². The quantitative estimate of drug-likeness (QED) is 0.696. The van der Waals surface area contributed by atoms with Gasteiger partial charge >= 0.3 is 0 Å². The molecular formula is C19H16ClFN2O. The molecule has 1 amide bonds. The van der Waals surface area contributed by atoms with Gasteiger partial charge in [0.15, 0.2) is 0 Å². The highest BCUT2D eigenvalue weighted by molar-refractivity contribution is 6.31. The lowest BCUT2D eigenvalue weighted by Crippen LogP contribution is -2.28. The Morgan fingerprint density at radius 2 is 2.12 bits per heavy atom. The van der Waals surface area contributed by atoms with Gasteiger partial charge in [0, 0.05) is 33.2 Å². The zero-order valence-corrected chi connectivity index (χ0v) is 13.7. The number of hydrogen-bond acceptors (Lipinski definition) is 1. The summed E-state index contributed by atoms with van der Waals surface area (Å²) in [5.41, 5.74) is 3.89. The minimum atomic E-state index is -0.356. The Balaban J connectivity index is 1.58. The van der Waals surface area contributed by atoms with Gasteiger partial charge in [-0.05, 0) is 61.2 Å². The maximum Gasteiger partial charge on any atom is 0.227 e. The fraction of sp³-hybridized carbons (Fsp3) is 0.211. The molecule has 0 saturated heterocycles. The number of H-pyrrole nitrogens is 1. The minimum Gasteiger partial charge on any atom is -0.358 e. The van der Waals surface area contributed by atoms with Gasteiger partial charge in [-0.15, -0.1) is 0 Å². The van der Waals surface area contributed by atoms with Crippen molar-refractivity contribution in [1.82, 2.24) is 4.98 Å². The third-order valence-corrected chi connectivity index (χ3v) is 4.85. The molecule has 0 saturated carbocycles. The zero-order valence-electron chi connectivity index (χ0n) is 12.9. The highest BCUT2D eigenvalue weighted by Crippen LogP contribution is 2.33. The highest BCUT2D eigenvalue weighted by Gasteiger charge is 2.27. The van der Waals surface area contributed by atoms with Gasteiger partial charge in [0.05, 0.1) is 0 Å². The predicted molar refractivity (Wildman–Crippen MR) is 93.9 cm³/mol. The van der Waals surface area contributed by atoms with Crippen LogP contribution in [-0.2, 0) is 17.6 Å². The molecule has 1 aromatic heterocycles. The highest BCUT2D eigenvalue weighted by atomic mass is 35.5. The van der Waals surface area contributed by atoms with Crippen LogP contribution >= 0.6 is 11.6 Å². The summed E-state index contributed by atoms with van der Waals surface area (Å²) in [6, 6.07) is 11.7. The van der Waals surface area contributed by atoms with Crippen molar-refractivity contribution in [2.24, 2.45) is 5.92 Å². The largest absolute Gasteiger partial charge is 0.358 e. The SMILES string of the molecule is O=C(Nc1cccc(F)c1)C1CCc2[nH]c3ccc(Cl)cc3c2C1. The van der Waals surface area contributed by atoms with Gasteiger partial charge < -0.3 is 10.3 Å². The number of anilines is 1. The van der Waals surface area contributed by atoms with E-state index in [-0.39, 0.29) is 17.6 Å². The number of carbonyl (C=O) groups excluding carboxylic acids is 1. The Labute approximate surface area is 143 Å². The number of aromatic nitrogens is 1. The molecule has 0 bridgehead atoms. The van der Waals surface area contributed by atoms with E-state index in [4.69, 9.17) is 11.6 Å². The topological polar surface area (TPSA) is 44.9 Å². The van der Waals surface area contributed by atoms with E-state index in [1.807, 2.05) is 18.2 Å². The first kappa shape index (κ1) is 15.2. The van der Waals surface area contributed by atoms with Crippen LogP contribution in [0.25, 0.3) is 10.9 Å². The molecule has 0 radical (unpaired) electrons. The van der Waals surface area contributed by atoms with Crippen molar-refractivity contribution in [3.63, 3.8) is 0 Å². The van der Waals surface area contributed by atoms with Crippen molar-refractivity contribution in [2.75, 3.05) is 5.32 Å². The van der Waals surface area contributed by atoms with E-state index < -0.39 is 0 Å². The zero-order chi connectivity index (χ0) is 16.7. The van der Waals surface area contributed by atoms with Crippen LogP contribution in [0.3, 0.4) is 0 Å². The number of aryl methyl sites for hydroxylation is 1. The summed E-state index contributed by atoms with van der Waals surface area (Å²) in [5, 5.41) is 4.59. The lowest BCUT2D eigenvalue weighted by Gasteiger charge is -2.22. The van der Waals surface area contributed by atoms with Crippen molar-refractivity contribution >= 4 is 34.1 Å². The van der Waals surface area contributed by atoms with Gasteiger partial charge in [-0.25, -0.2) is 4.39 Å². The van der Waals surface area contributed by atoms with Crippen molar-refractivity contribution in [1.29, 1.82) is 0 Å². The first-order valence-electron chi connectivity index (χ1n) is 7.95. The summed E-state index contributed by atoms with van der Waals surface area (Å²) in [5.74, 6) is -0.550. The van der Waals surface area contributed by atoms with Gasteiger partial charge in [0.2, 0.25) is 5.91 Å². The summed E-state index contributed by atoms with van der Waals surface area (Å²) in [7, 11) is 0. The summed E-state index contributed by atoms with van der Waals surface area (Å²) in [6.45, 7) is 0. The number of benzene rings is 2. The van der Waals surface area contributed by atoms with Crippen molar-refractivity contribution in [3.05, 3.63) is 64.6 Å². The number of fused-ring (bicyclic) bond motifs is 3. The second kappa shape index (κ2) is 5.95. The Morgan fingerprint density at radius 1 is 1.25 bits per heavy atom. The van der Waals surface area contributed by atoms with Gasteiger partial charge in [-0.1, -0.05) is 17.7 Å². The third-order valence-electron chi connectivity index (χ3n) is 4.61. The average molecular weight is 343 g/mol. The molecule has 122 valence electrons. The van der Waals surface area contributed by atoms with Crippen LogP contribution in [0.15, 0.2) is 42.5 Å². The molecule has 1 heterocycles. The first-order valence-corrected chi connectivity index (χ1v) is 8.33. The number of nitrogens with one attached hydrogen (secondary N) is 2. The number of aromatic amines is 1. The number of carbonyl (C=O) groups is 1. The lowest BCUT2D eigenvalue weighted by molar-refractivity contribution is -0.120. The normalized spacial score (nSPS) is 16.8. The molecule has 4 rings (SSSR count). The fourth-order valence-electron chi connectivity index (χ4n) is 3.42. The minimum absolute atomic E-state index is 0.0670. The van der Waals surface area contributed by atoms with Crippen LogP contribution in [0.1, 0.15) is 17.7 Å². The Kier molecular flexibility index (Phi) is 3.77. The molecule has 1 aliphatic rings. The van der Waals surface area contributed by atoms with Gasteiger partial charge in [0.1, 0.15) is 5.82 Å². The molecule has 1 aliphatic carbocycles. The molecular weight excluding hydrogens is 327 g/mol. The van der Waals surface area contributed by atoms with Crippen LogP contribution < -0.4 is 5.32 Å². The molecule has 5 heteroatoms. The first-order chi connectivity index (χ1) is 11.6. The molecule has 0 aliphatic heterocycles. The number of hydrogen-bond donors (Lipinski definition) is 2. The average Bonchev–Trinajstić information content (AvgIpc) is 2.92. The Morgan fingerprint density at radius 3 is 2.96 bits per heavy atom. The lowest BCUT2D eigenvalue weighted by atomic mass is 9.86. The Hall–Kier alpha value is -2.33. The monoisotopic (exact) mass is 342 g/mol. The van der Waals surface area contributed by atoms with E-state index in [2.05, 4.69) is 10.3 Å². The molecule has 3 nitrogen and oxygen atoms in total. The standard InChI is InChI=1S/C19H16ClFN2O/c20-12-5-7-18-16(9-12)15-8-11(4-6-17(15)23-18)19(24)22-14-3-1-2-13(21)10-14/h1-3,5,7,9-11,23H,4,6,8H2,(H,22,24). The second-order valence-electron chi connectivity index (χ2n) is 6.21. The molecule has 0 fully saturated rings. The van der Waals surface area contributed by atoms with E-state index in [1.54, 1.807) is 12.1 Å². The van der Waals surface area contributed by atoms with Crippen molar-refractivity contribution in [2.45, 2.75) is 19.3 Å². The van der Waals surface area contributed by atoms with Crippen molar-refractivity contribution < 1.29 is 9.18 Å². The smallest absolute Gasteiger partial charge is 0.227 e. The van der Waals surface area contributed by atoms with Crippen LogP contribution in [0.5, 0.6) is 0 Å². The van der Waals surface area contributed by atoms with E-state index in [0.29, 0.717) is 17.1 Å². The van der Waals surface area contributed by atoms with E-state index >= 15 is 0 Å². The summed E-state index contributed by atoms with van der Waals surface area (Å²) in [6.07, 6.45) is 2.26.